The van der Waals surface area contributed by atoms with Crippen LogP contribution in [0.2, 0.25) is 0 Å². The van der Waals surface area contributed by atoms with E-state index in [2.05, 4.69) is 26.5 Å². The van der Waals surface area contributed by atoms with Crippen LogP contribution in [-0.2, 0) is 14.8 Å². The van der Waals surface area contributed by atoms with Crippen molar-refractivity contribution < 1.29 is 32.2 Å². The molecule has 0 heterocycles. The summed E-state index contributed by atoms with van der Waals surface area (Å²) in [6.07, 6.45) is 1.45. The lowest BCUT2D eigenvalue weighted by Crippen LogP contribution is -2.39. The van der Waals surface area contributed by atoms with Gasteiger partial charge in [0, 0.05) is 16.6 Å². The van der Waals surface area contributed by atoms with Crippen molar-refractivity contribution in [2.24, 2.45) is 5.10 Å². The number of hydrogen-bond donors (Lipinski definition) is 1. The minimum absolute atomic E-state index is 0.0998. The Morgan fingerprint density at radius 3 is 2.27 bits per heavy atom. The van der Waals surface area contributed by atoms with Gasteiger partial charge in [-0.25, -0.2) is 13.8 Å². The molecule has 0 unspecified atom stereocenters. The maximum absolute atomic E-state index is 13.8. The number of nitrogens with zero attached hydrogens (tertiary/aromatic N) is 2. The topological polar surface area (TPSA) is 116 Å². The molecule has 12 heteroatoms. The zero-order valence-corrected chi connectivity index (χ0v) is 23.0. The van der Waals surface area contributed by atoms with Crippen LogP contribution >= 0.6 is 15.9 Å². The van der Waals surface area contributed by atoms with Crippen LogP contribution in [0.25, 0.3) is 0 Å². The number of amides is 1. The number of nitrogens with one attached hydrogen (secondary N) is 1. The number of methoxy groups -OCH3 is 4. The van der Waals surface area contributed by atoms with E-state index in [1.807, 2.05) is 18.2 Å². The van der Waals surface area contributed by atoms with Gasteiger partial charge in [0.2, 0.25) is 0 Å². The molecule has 0 saturated carbocycles. The van der Waals surface area contributed by atoms with Crippen molar-refractivity contribution in [3.63, 3.8) is 0 Å². The van der Waals surface area contributed by atoms with Crippen LogP contribution in [0.15, 0.2) is 75.1 Å². The second kappa shape index (κ2) is 12.5. The molecule has 0 aliphatic heterocycles. The van der Waals surface area contributed by atoms with Gasteiger partial charge in [0.05, 0.1) is 45.2 Å². The van der Waals surface area contributed by atoms with E-state index < -0.39 is 22.5 Å². The lowest BCUT2D eigenvalue weighted by molar-refractivity contribution is -0.119. The van der Waals surface area contributed by atoms with Crippen LogP contribution in [0.1, 0.15) is 5.56 Å². The first-order valence-corrected chi connectivity index (χ1v) is 13.0. The predicted octanol–water partition coefficient (Wildman–Crippen LogP) is 3.83. The molecule has 0 bridgehead atoms. The number of ether oxygens (including phenoxy) is 4. The third-order valence-corrected chi connectivity index (χ3v) is 7.39. The molecule has 10 nitrogen and oxygen atoms in total. The molecule has 0 radical (unpaired) electrons. The number of carbonyl (C=O) groups excluding carboxylic acids is 1. The summed E-state index contributed by atoms with van der Waals surface area (Å²) in [6.45, 7) is -0.601. The summed E-state index contributed by atoms with van der Waals surface area (Å²) in [5.74, 6) is 0.475. The third-order valence-electron chi connectivity index (χ3n) is 5.14. The molecular formula is C25H26BrN3O7S. The summed E-state index contributed by atoms with van der Waals surface area (Å²) in [4.78, 5) is 12.8. The number of carbonyl (C=O) groups is 1. The van der Waals surface area contributed by atoms with E-state index in [0.29, 0.717) is 11.5 Å². The average Bonchev–Trinajstić information content (AvgIpc) is 2.90. The Morgan fingerprint density at radius 2 is 1.62 bits per heavy atom. The Balaban J connectivity index is 2.01. The number of sulfonamides is 1. The first-order chi connectivity index (χ1) is 17.7. The largest absolute Gasteiger partial charge is 0.497 e. The molecule has 37 heavy (non-hydrogen) atoms. The first-order valence-electron chi connectivity index (χ1n) is 10.8. The van der Waals surface area contributed by atoms with Gasteiger partial charge >= 0.3 is 0 Å². The van der Waals surface area contributed by atoms with Crippen molar-refractivity contribution in [1.29, 1.82) is 0 Å². The Labute approximate surface area is 224 Å². The molecule has 0 aliphatic rings. The fourth-order valence-corrected chi connectivity index (χ4v) is 5.18. The summed E-state index contributed by atoms with van der Waals surface area (Å²) in [5.41, 5.74) is 3.21. The SMILES string of the molecule is COc1ccc(OC)c(N(CC(=O)N/N=C/c2cccc(Br)c2)S(=O)(=O)c2ccc(OC)c(OC)c2)c1. The molecule has 196 valence electrons. The van der Waals surface area contributed by atoms with Gasteiger partial charge in [-0.15, -0.1) is 0 Å². The van der Waals surface area contributed by atoms with Crippen LogP contribution in [-0.4, -0.2) is 55.5 Å². The van der Waals surface area contributed by atoms with Gasteiger partial charge in [0.25, 0.3) is 15.9 Å². The maximum atomic E-state index is 13.8. The van der Waals surface area contributed by atoms with E-state index in [0.717, 1.165) is 14.3 Å². The van der Waals surface area contributed by atoms with E-state index in [-0.39, 0.29) is 22.1 Å². The van der Waals surface area contributed by atoms with E-state index in [1.165, 1.54) is 58.9 Å². The van der Waals surface area contributed by atoms with Crippen molar-refractivity contribution in [1.82, 2.24) is 5.43 Å². The minimum Gasteiger partial charge on any atom is -0.497 e. The molecule has 3 aromatic rings. The predicted molar refractivity (Wildman–Crippen MR) is 144 cm³/mol. The third kappa shape index (κ3) is 6.71. The zero-order chi connectivity index (χ0) is 27.0. The van der Waals surface area contributed by atoms with E-state index in [1.54, 1.807) is 18.2 Å². The molecule has 0 aliphatic carbocycles. The van der Waals surface area contributed by atoms with Crippen LogP contribution in [0, 0.1) is 0 Å². The fraction of sp³-hybridized carbons (Fsp3) is 0.200. The Morgan fingerprint density at radius 1 is 0.919 bits per heavy atom. The highest BCUT2D eigenvalue weighted by atomic mass is 79.9. The smallest absolute Gasteiger partial charge is 0.265 e. The molecule has 0 fully saturated rings. The van der Waals surface area contributed by atoms with E-state index in [4.69, 9.17) is 18.9 Å². The van der Waals surface area contributed by atoms with Gasteiger partial charge in [-0.1, -0.05) is 28.1 Å². The number of hydrogen-bond acceptors (Lipinski definition) is 8. The first kappa shape index (κ1) is 27.8. The number of halogens is 1. The molecule has 0 aromatic heterocycles. The quantitative estimate of drug-likeness (QED) is 0.266. The van der Waals surface area contributed by atoms with Gasteiger partial charge in [0.15, 0.2) is 11.5 Å². The van der Waals surface area contributed by atoms with Gasteiger partial charge < -0.3 is 18.9 Å². The van der Waals surface area contributed by atoms with Crippen LogP contribution in [0.4, 0.5) is 5.69 Å². The van der Waals surface area contributed by atoms with Crippen molar-refractivity contribution >= 4 is 43.8 Å². The Bertz CT molecular complexity index is 1400. The van der Waals surface area contributed by atoms with Crippen molar-refractivity contribution in [2.45, 2.75) is 4.90 Å². The molecule has 3 aromatic carbocycles. The van der Waals surface area contributed by atoms with E-state index >= 15 is 0 Å². The van der Waals surface area contributed by atoms with Crippen molar-refractivity contribution in [2.75, 3.05) is 39.3 Å². The Kier molecular flexibility index (Phi) is 9.36. The normalized spacial score (nSPS) is 11.2. The van der Waals surface area contributed by atoms with Gasteiger partial charge in [-0.05, 0) is 42.0 Å². The highest BCUT2D eigenvalue weighted by Crippen LogP contribution is 2.37. The van der Waals surface area contributed by atoms with Crippen LogP contribution < -0.4 is 28.7 Å². The van der Waals surface area contributed by atoms with Crippen LogP contribution in [0.3, 0.4) is 0 Å². The maximum Gasteiger partial charge on any atom is 0.265 e. The fourth-order valence-electron chi connectivity index (χ4n) is 3.33. The van der Waals surface area contributed by atoms with Gasteiger partial charge in [-0.2, -0.15) is 5.10 Å². The molecule has 0 saturated heterocycles. The highest BCUT2D eigenvalue weighted by molar-refractivity contribution is 9.10. The molecule has 1 N–H and O–H groups in total. The van der Waals surface area contributed by atoms with Crippen molar-refractivity contribution in [3.8, 4) is 23.0 Å². The summed E-state index contributed by atoms with van der Waals surface area (Å²) < 4.78 is 50.6. The summed E-state index contributed by atoms with van der Waals surface area (Å²) >= 11 is 3.37. The summed E-state index contributed by atoms with van der Waals surface area (Å²) in [7, 11) is 1.38. The second-order valence-corrected chi connectivity index (χ2v) is 10.2. The zero-order valence-electron chi connectivity index (χ0n) is 20.6. The molecule has 0 atom stereocenters. The lowest BCUT2D eigenvalue weighted by atomic mass is 10.2. The number of anilines is 1. The Hall–Kier alpha value is -3.77. The summed E-state index contributed by atoms with van der Waals surface area (Å²) in [5, 5.41) is 3.95. The lowest BCUT2D eigenvalue weighted by Gasteiger charge is -2.26. The molecule has 3 rings (SSSR count). The second-order valence-electron chi connectivity index (χ2n) is 7.41. The molecule has 0 spiro atoms. The van der Waals surface area contributed by atoms with Gasteiger partial charge in [0.1, 0.15) is 18.0 Å². The van der Waals surface area contributed by atoms with Gasteiger partial charge in [-0.3, -0.25) is 9.10 Å². The summed E-state index contributed by atoms with van der Waals surface area (Å²) in [6, 6.07) is 16.1. The minimum atomic E-state index is -4.30. The standard InChI is InChI=1S/C25H26BrN3O7S/c1-33-19-8-10-22(34-2)21(13-19)29(16-25(30)28-27-15-17-6-5-7-18(26)12-17)37(31,32)20-9-11-23(35-3)24(14-20)36-4/h5-15H,16H2,1-4H3,(H,28,30)/b27-15+. The van der Waals surface area contributed by atoms with Crippen LogP contribution in [0.5, 0.6) is 23.0 Å². The monoisotopic (exact) mass is 591 g/mol. The molecular weight excluding hydrogens is 566 g/mol. The van der Waals surface area contributed by atoms with E-state index in [9.17, 15) is 13.2 Å². The number of hydrazone groups is 1. The highest BCUT2D eigenvalue weighted by Gasteiger charge is 2.31. The van der Waals surface area contributed by atoms with Crippen molar-refractivity contribution in [3.05, 3.63) is 70.7 Å². The number of rotatable bonds is 11. The average molecular weight is 592 g/mol. The molecule has 1 amide bonds. The number of benzene rings is 3.